The van der Waals surface area contributed by atoms with E-state index in [0.29, 0.717) is 16.5 Å². The van der Waals surface area contributed by atoms with Crippen LogP contribution in [0.25, 0.3) is 0 Å². The number of nitro benzene ring substituents is 1. The number of hydrogen-bond donors (Lipinski definition) is 2. The summed E-state index contributed by atoms with van der Waals surface area (Å²) in [5.74, 6) is -0.335. The van der Waals surface area contributed by atoms with E-state index in [9.17, 15) is 14.9 Å². The largest absolute Gasteiger partial charge is 0.396 e. The van der Waals surface area contributed by atoms with Crippen molar-refractivity contribution in [3.63, 3.8) is 0 Å². The van der Waals surface area contributed by atoms with Crippen LogP contribution in [0.3, 0.4) is 0 Å². The van der Waals surface area contributed by atoms with Crippen LogP contribution in [-0.2, 0) is 0 Å². The van der Waals surface area contributed by atoms with E-state index in [0.717, 1.165) is 0 Å². The fourth-order valence-electron chi connectivity index (χ4n) is 1.37. The number of carbonyl (C=O) groups is 1. The molecule has 0 bridgehead atoms. The minimum atomic E-state index is -0.527. The summed E-state index contributed by atoms with van der Waals surface area (Å²) in [4.78, 5) is 21.9. The van der Waals surface area contributed by atoms with Crippen LogP contribution < -0.4 is 5.32 Å². The zero-order chi connectivity index (χ0) is 13.7. The van der Waals surface area contributed by atoms with E-state index in [2.05, 4.69) is 21.2 Å². The number of nitrogens with zero attached hydrogens (tertiary/aromatic N) is 1. The maximum atomic E-state index is 11.8. The minimum absolute atomic E-state index is 0.0110. The molecule has 1 aromatic rings. The van der Waals surface area contributed by atoms with E-state index >= 15 is 0 Å². The number of carbonyl (C=O) groups excluding carboxylic acids is 1. The van der Waals surface area contributed by atoms with E-state index < -0.39 is 4.92 Å². The third kappa shape index (κ3) is 3.78. The second-order valence-corrected chi connectivity index (χ2v) is 4.66. The van der Waals surface area contributed by atoms with Crippen LogP contribution in [-0.4, -0.2) is 28.6 Å². The molecule has 1 atom stereocenters. The zero-order valence-corrected chi connectivity index (χ0v) is 11.3. The van der Waals surface area contributed by atoms with Gasteiger partial charge in [-0.05, 0) is 35.3 Å². The molecule has 1 rings (SSSR count). The van der Waals surface area contributed by atoms with Gasteiger partial charge < -0.3 is 10.4 Å². The molecular formula is C11H13BrN2O4. The van der Waals surface area contributed by atoms with Crippen molar-refractivity contribution >= 4 is 27.5 Å². The van der Waals surface area contributed by atoms with E-state index in [1.165, 1.54) is 18.2 Å². The molecule has 0 heterocycles. The molecule has 0 spiro atoms. The third-order valence-electron chi connectivity index (χ3n) is 2.35. The lowest BCUT2D eigenvalue weighted by Crippen LogP contribution is -2.33. The highest BCUT2D eigenvalue weighted by Gasteiger charge is 2.15. The number of amides is 1. The summed E-state index contributed by atoms with van der Waals surface area (Å²) in [6.07, 6.45) is 0.455. The molecule has 1 unspecified atom stereocenters. The lowest BCUT2D eigenvalue weighted by atomic mass is 10.1. The first kappa shape index (κ1) is 14.6. The Labute approximate surface area is 112 Å². The van der Waals surface area contributed by atoms with E-state index in [1.54, 1.807) is 6.92 Å². The Morgan fingerprint density at radius 3 is 2.78 bits per heavy atom. The van der Waals surface area contributed by atoms with Gasteiger partial charge in [0, 0.05) is 29.3 Å². The van der Waals surface area contributed by atoms with Crippen molar-refractivity contribution in [1.82, 2.24) is 5.32 Å². The Morgan fingerprint density at radius 2 is 2.28 bits per heavy atom. The average Bonchev–Trinajstić information content (AvgIpc) is 2.28. The number of non-ortho nitro benzene ring substituents is 1. The Morgan fingerprint density at radius 1 is 1.61 bits per heavy atom. The van der Waals surface area contributed by atoms with Crippen molar-refractivity contribution < 1.29 is 14.8 Å². The molecule has 6 nitrogen and oxygen atoms in total. The predicted octanol–water partition coefficient (Wildman–Crippen LogP) is 1.86. The second kappa shape index (κ2) is 6.46. The molecule has 0 radical (unpaired) electrons. The Kier molecular flexibility index (Phi) is 5.24. The second-order valence-electron chi connectivity index (χ2n) is 3.81. The van der Waals surface area contributed by atoms with Gasteiger partial charge in [0.15, 0.2) is 0 Å². The van der Waals surface area contributed by atoms with Crippen LogP contribution in [0.5, 0.6) is 0 Å². The molecule has 0 saturated carbocycles. The summed E-state index contributed by atoms with van der Waals surface area (Å²) in [5, 5.41) is 22.0. The molecule has 0 aliphatic heterocycles. The molecule has 7 heteroatoms. The number of nitro groups is 1. The van der Waals surface area contributed by atoms with Crippen LogP contribution in [0.4, 0.5) is 5.69 Å². The normalized spacial score (nSPS) is 11.9. The van der Waals surface area contributed by atoms with Gasteiger partial charge in [-0.25, -0.2) is 0 Å². The van der Waals surface area contributed by atoms with Crippen LogP contribution in [0.1, 0.15) is 23.7 Å². The van der Waals surface area contributed by atoms with E-state index in [4.69, 9.17) is 5.11 Å². The summed E-state index contributed by atoms with van der Waals surface area (Å²) in [5.41, 5.74) is 0.243. The SMILES string of the molecule is CC(CCO)NC(=O)c1ccc([N+](=O)[O-])cc1Br. The van der Waals surface area contributed by atoms with Crippen molar-refractivity contribution in [1.29, 1.82) is 0 Å². The molecule has 18 heavy (non-hydrogen) atoms. The molecular weight excluding hydrogens is 304 g/mol. The summed E-state index contributed by atoms with van der Waals surface area (Å²) in [6, 6.07) is 3.79. The quantitative estimate of drug-likeness (QED) is 0.640. The lowest BCUT2D eigenvalue weighted by molar-refractivity contribution is -0.384. The van der Waals surface area contributed by atoms with E-state index in [-0.39, 0.29) is 24.2 Å². The fraction of sp³-hybridized carbons (Fsp3) is 0.364. The zero-order valence-electron chi connectivity index (χ0n) is 9.72. The molecule has 98 valence electrons. The average molecular weight is 317 g/mol. The fourth-order valence-corrected chi connectivity index (χ4v) is 1.92. The number of aliphatic hydroxyl groups is 1. The van der Waals surface area contributed by atoms with Gasteiger partial charge in [0.1, 0.15) is 0 Å². The maximum Gasteiger partial charge on any atom is 0.270 e. The Hall–Kier alpha value is -1.47. The number of hydrogen-bond acceptors (Lipinski definition) is 4. The molecule has 0 aliphatic rings. The summed E-state index contributed by atoms with van der Waals surface area (Å²) in [7, 11) is 0. The van der Waals surface area contributed by atoms with Crippen molar-refractivity contribution in [3.8, 4) is 0 Å². The van der Waals surface area contributed by atoms with Crippen molar-refractivity contribution in [2.24, 2.45) is 0 Å². The standard InChI is InChI=1S/C11H13BrN2O4/c1-7(4-5-15)13-11(16)9-3-2-8(14(17)18)6-10(9)12/h2-3,6-7,15H,4-5H2,1H3,(H,13,16). The van der Waals surface area contributed by atoms with Crippen LogP contribution in [0.2, 0.25) is 0 Å². The molecule has 0 saturated heterocycles. The first-order chi connectivity index (χ1) is 8.45. The predicted molar refractivity (Wildman–Crippen MR) is 69.4 cm³/mol. The van der Waals surface area contributed by atoms with Gasteiger partial charge in [-0.15, -0.1) is 0 Å². The summed E-state index contributed by atoms with van der Waals surface area (Å²) < 4.78 is 0.366. The Balaban J connectivity index is 2.84. The number of aliphatic hydroxyl groups excluding tert-OH is 1. The number of rotatable bonds is 5. The van der Waals surface area contributed by atoms with Crippen molar-refractivity contribution in [2.75, 3.05) is 6.61 Å². The van der Waals surface area contributed by atoms with Gasteiger partial charge in [0.2, 0.25) is 0 Å². The van der Waals surface area contributed by atoms with Crippen LogP contribution in [0.15, 0.2) is 22.7 Å². The molecule has 0 aromatic heterocycles. The number of benzene rings is 1. The van der Waals surface area contributed by atoms with E-state index in [1.807, 2.05) is 0 Å². The maximum absolute atomic E-state index is 11.8. The first-order valence-corrected chi connectivity index (χ1v) is 6.10. The van der Waals surface area contributed by atoms with Gasteiger partial charge in [0.25, 0.3) is 11.6 Å². The lowest BCUT2D eigenvalue weighted by Gasteiger charge is -2.13. The van der Waals surface area contributed by atoms with Crippen molar-refractivity contribution in [3.05, 3.63) is 38.3 Å². The first-order valence-electron chi connectivity index (χ1n) is 5.31. The molecule has 1 aromatic carbocycles. The molecule has 1 amide bonds. The summed E-state index contributed by atoms with van der Waals surface area (Å²) >= 11 is 3.13. The third-order valence-corrected chi connectivity index (χ3v) is 3.00. The van der Waals surface area contributed by atoms with Gasteiger partial charge in [-0.2, -0.15) is 0 Å². The van der Waals surface area contributed by atoms with Crippen molar-refractivity contribution in [2.45, 2.75) is 19.4 Å². The topological polar surface area (TPSA) is 92.5 Å². The summed E-state index contributed by atoms with van der Waals surface area (Å²) in [6.45, 7) is 1.76. The van der Waals surface area contributed by atoms with Crippen LogP contribution >= 0.6 is 15.9 Å². The monoisotopic (exact) mass is 316 g/mol. The number of halogens is 1. The highest BCUT2D eigenvalue weighted by molar-refractivity contribution is 9.10. The molecule has 0 aliphatic carbocycles. The minimum Gasteiger partial charge on any atom is -0.396 e. The molecule has 0 fully saturated rings. The smallest absolute Gasteiger partial charge is 0.270 e. The van der Waals surface area contributed by atoms with Gasteiger partial charge in [-0.1, -0.05) is 0 Å². The molecule has 2 N–H and O–H groups in total. The van der Waals surface area contributed by atoms with Gasteiger partial charge in [-0.3, -0.25) is 14.9 Å². The highest BCUT2D eigenvalue weighted by atomic mass is 79.9. The van der Waals surface area contributed by atoms with Gasteiger partial charge >= 0.3 is 0 Å². The number of nitrogens with one attached hydrogen (secondary N) is 1. The van der Waals surface area contributed by atoms with Crippen LogP contribution in [0, 0.1) is 10.1 Å². The van der Waals surface area contributed by atoms with Gasteiger partial charge in [0.05, 0.1) is 10.5 Å². The highest BCUT2D eigenvalue weighted by Crippen LogP contribution is 2.23. The Bertz CT molecular complexity index is 464.